The third-order valence-corrected chi connectivity index (χ3v) is 3.80. The molecule has 0 radical (unpaired) electrons. The lowest BCUT2D eigenvalue weighted by Crippen LogP contribution is -2.52. The van der Waals surface area contributed by atoms with Gasteiger partial charge < -0.3 is 9.47 Å². The molecule has 2 saturated heterocycles. The molecular formula is C12H23NO2. The first-order valence-corrected chi connectivity index (χ1v) is 6.15. The smallest absolute Gasteiger partial charge is 0.181 e. The molecule has 1 atom stereocenters. The van der Waals surface area contributed by atoms with Gasteiger partial charge in [0.15, 0.2) is 5.79 Å². The Morgan fingerprint density at radius 2 is 1.80 bits per heavy atom. The van der Waals surface area contributed by atoms with Crippen molar-refractivity contribution in [3.8, 4) is 0 Å². The second-order valence-corrected chi connectivity index (χ2v) is 5.17. The molecule has 0 aromatic heterocycles. The lowest BCUT2D eigenvalue weighted by molar-refractivity contribution is -0.194. The minimum atomic E-state index is -0.262. The van der Waals surface area contributed by atoms with Gasteiger partial charge in [-0.25, -0.2) is 0 Å². The maximum Gasteiger partial charge on any atom is 0.181 e. The summed E-state index contributed by atoms with van der Waals surface area (Å²) in [7, 11) is 0. The maximum atomic E-state index is 5.78. The normalized spacial score (nSPS) is 28.8. The van der Waals surface area contributed by atoms with Crippen LogP contribution in [0.15, 0.2) is 0 Å². The van der Waals surface area contributed by atoms with Crippen LogP contribution in [0.25, 0.3) is 0 Å². The van der Waals surface area contributed by atoms with Gasteiger partial charge in [-0.15, -0.1) is 0 Å². The maximum absolute atomic E-state index is 5.78. The molecule has 3 heteroatoms. The Hall–Kier alpha value is -0.120. The van der Waals surface area contributed by atoms with Gasteiger partial charge in [-0.2, -0.15) is 0 Å². The van der Waals surface area contributed by atoms with Crippen molar-refractivity contribution in [3.63, 3.8) is 0 Å². The van der Waals surface area contributed by atoms with Gasteiger partial charge in [-0.3, -0.25) is 4.90 Å². The van der Waals surface area contributed by atoms with Crippen molar-refractivity contribution in [2.45, 2.75) is 45.4 Å². The van der Waals surface area contributed by atoms with Crippen LogP contribution < -0.4 is 0 Å². The third kappa shape index (κ3) is 2.35. The molecule has 2 heterocycles. The summed E-state index contributed by atoms with van der Waals surface area (Å²) in [4.78, 5) is 2.51. The molecule has 88 valence electrons. The molecule has 1 unspecified atom stereocenters. The fourth-order valence-electron chi connectivity index (χ4n) is 2.52. The van der Waals surface area contributed by atoms with Crippen LogP contribution in [-0.4, -0.2) is 43.0 Å². The average Bonchev–Trinajstić information content (AvgIpc) is 2.65. The molecule has 2 aliphatic heterocycles. The molecule has 0 bridgehead atoms. The first-order chi connectivity index (χ1) is 7.13. The Labute approximate surface area is 92.7 Å². The highest BCUT2D eigenvalue weighted by molar-refractivity contribution is 4.86. The highest BCUT2D eigenvalue weighted by Gasteiger charge is 2.41. The predicted molar refractivity (Wildman–Crippen MR) is 59.7 cm³/mol. The average molecular weight is 213 g/mol. The summed E-state index contributed by atoms with van der Waals surface area (Å²) in [6.45, 7) is 10.5. The molecule has 2 aliphatic rings. The molecule has 2 rings (SSSR count). The fraction of sp³-hybridized carbons (Fsp3) is 1.00. The topological polar surface area (TPSA) is 21.7 Å². The van der Waals surface area contributed by atoms with Crippen LogP contribution in [0, 0.1) is 5.92 Å². The van der Waals surface area contributed by atoms with Crippen LogP contribution in [0.4, 0.5) is 0 Å². The molecule has 15 heavy (non-hydrogen) atoms. The summed E-state index contributed by atoms with van der Waals surface area (Å²) >= 11 is 0. The molecule has 0 aliphatic carbocycles. The van der Waals surface area contributed by atoms with Crippen molar-refractivity contribution in [3.05, 3.63) is 0 Å². The summed E-state index contributed by atoms with van der Waals surface area (Å²) < 4.78 is 11.6. The zero-order valence-corrected chi connectivity index (χ0v) is 10.2. The first-order valence-electron chi connectivity index (χ1n) is 6.15. The summed E-state index contributed by atoms with van der Waals surface area (Å²) in [6.07, 6.45) is 2.26. The van der Waals surface area contributed by atoms with E-state index >= 15 is 0 Å². The highest BCUT2D eigenvalue weighted by Crippen LogP contribution is 2.31. The predicted octanol–water partition coefficient (Wildman–Crippen LogP) is 1.87. The van der Waals surface area contributed by atoms with Crippen molar-refractivity contribution in [1.29, 1.82) is 0 Å². The van der Waals surface area contributed by atoms with Gasteiger partial charge >= 0.3 is 0 Å². The van der Waals surface area contributed by atoms with Gasteiger partial charge in [-0.1, -0.05) is 13.8 Å². The van der Waals surface area contributed by atoms with Crippen LogP contribution in [0.5, 0.6) is 0 Å². The highest BCUT2D eigenvalue weighted by atomic mass is 16.7. The van der Waals surface area contributed by atoms with E-state index in [2.05, 4.69) is 25.7 Å². The van der Waals surface area contributed by atoms with E-state index in [4.69, 9.17) is 9.47 Å². The van der Waals surface area contributed by atoms with Crippen LogP contribution in [0.2, 0.25) is 0 Å². The second-order valence-electron chi connectivity index (χ2n) is 5.17. The Balaban J connectivity index is 1.97. The Kier molecular flexibility index (Phi) is 3.33. The number of piperidine rings is 1. The van der Waals surface area contributed by atoms with Crippen molar-refractivity contribution in [2.24, 2.45) is 5.92 Å². The van der Waals surface area contributed by atoms with E-state index in [0.717, 1.165) is 26.2 Å². The summed E-state index contributed by atoms with van der Waals surface area (Å²) in [6, 6.07) is 0.620. The number of hydrogen-bond acceptors (Lipinski definition) is 3. The van der Waals surface area contributed by atoms with E-state index in [1.165, 1.54) is 13.0 Å². The lowest BCUT2D eigenvalue weighted by atomic mass is 9.98. The Morgan fingerprint density at radius 3 is 2.40 bits per heavy atom. The Bertz CT molecular complexity index is 212. The van der Waals surface area contributed by atoms with E-state index in [1.807, 2.05) is 0 Å². The molecule has 0 saturated carbocycles. The SMILES string of the molecule is CC(C)C(C)N1CCCC2(C1)OCCO2. The first kappa shape index (κ1) is 11.4. The molecule has 2 fully saturated rings. The third-order valence-electron chi connectivity index (χ3n) is 3.80. The molecule has 1 spiro atoms. The largest absolute Gasteiger partial charge is 0.346 e. The number of likely N-dealkylation sites (tertiary alicyclic amines) is 1. The molecule has 3 nitrogen and oxygen atoms in total. The van der Waals surface area contributed by atoms with Crippen molar-refractivity contribution < 1.29 is 9.47 Å². The van der Waals surface area contributed by atoms with Gasteiger partial charge in [-0.05, 0) is 25.8 Å². The van der Waals surface area contributed by atoms with Crippen molar-refractivity contribution in [1.82, 2.24) is 4.90 Å². The minimum absolute atomic E-state index is 0.262. The van der Waals surface area contributed by atoms with Crippen LogP contribution in [0.3, 0.4) is 0 Å². The zero-order chi connectivity index (χ0) is 10.9. The number of ether oxygens (including phenoxy) is 2. The summed E-state index contributed by atoms with van der Waals surface area (Å²) in [5.74, 6) is 0.433. The molecule has 0 amide bonds. The summed E-state index contributed by atoms with van der Waals surface area (Å²) in [5.41, 5.74) is 0. The van der Waals surface area contributed by atoms with E-state index < -0.39 is 0 Å². The van der Waals surface area contributed by atoms with Gasteiger partial charge in [0.25, 0.3) is 0 Å². The van der Waals surface area contributed by atoms with Crippen LogP contribution in [-0.2, 0) is 9.47 Å². The van der Waals surface area contributed by atoms with Crippen LogP contribution in [0.1, 0.15) is 33.6 Å². The zero-order valence-electron chi connectivity index (χ0n) is 10.2. The lowest BCUT2D eigenvalue weighted by Gasteiger charge is -2.42. The molecule has 0 aromatic carbocycles. The van der Waals surface area contributed by atoms with Gasteiger partial charge in [0.2, 0.25) is 0 Å². The fourth-order valence-corrected chi connectivity index (χ4v) is 2.52. The number of nitrogens with zero attached hydrogens (tertiary/aromatic N) is 1. The molecule has 0 N–H and O–H groups in total. The standard InChI is InChI=1S/C12H23NO2/c1-10(2)11(3)13-6-4-5-12(9-13)14-7-8-15-12/h10-11H,4-9H2,1-3H3. The van der Waals surface area contributed by atoms with Crippen LogP contribution >= 0.6 is 0 Å². The van der Waals surface area contributed by atoms with E-state index in [1.54, 1.807) is 0 Å². The second kappa shape index (κ2) is 4.40. The molecular weight excluding hydrogens is 190 g/mol. The minimum Gasteiger partial charge on any atom is -0.346 e. The van der Waals surface area contributed by atoms with Gasteiger partial charge in [0, 0.05) is 12.5 Å². The van der Waals surface area contributed by atoms with E-state index in [0.29, 0.717) is 12.0 Å². The summed E-state index contributed by atoms with van der Waals surface area (Å²) in [5, 5.41) is 0. The van der Waals surface area contributed by atoms with Crippen molar-refractivity contribution in [2.75, 3.05) is 26.3 Å². The monoisotopic (exact) mass is 213 g/mol. The Morgan fingerprint density at radius 1 is 1.13 bits per heavy atom. The van der Waals surface area contributed by atoms with Gasteiger partial charge in [0.05, 0.1) is 19.8 Å². The number of hydrogen-bond donors (Lipinski definition) is 0. The van der Waals surface area contributed by atoms with E-state index in [-0.39, 0.29) is 5.79 Å². The number of rotatable bonds is 2. The molecule has 0 aromatic rings. The quantitative estimate of drug-likeness (QED) is 0.699. The van der Waals surface area contributed by atoms with Gasteiger partial charge in [0.1, 0.15) is 0 Å². The van der Waals surface area contributed by atoms with E-state index in [9.17, 15) is 0 Å². The van der Waals surface area contributed by atoms with Crippen molar-refractivity contribution >= 4 is 0 Å².